The number of thiophene rings is 1. The quantitative estimate of drug-likeness (QED) is 0.914. The van der Waals surface area contributed by atoms with E-state index in [2.05, 4.69) is 5.32 Å². The number of nitrogens with one attached hydrogen (secondary N) is 1. The number of benzene rings is 1. The summed E-state index contributed by atoms with van der Waals surface area (Å²) in [5, 5.41) is 5.42. The third-order valence-electron chi connectivity index (χ3n) is 3.22. The molecule has 0 radical (unpaired) electrons. The number of methoxy groups -OCH3 is 1. The number of rotatable bonds is 5. The van der Waals surface area contributed by atoms with Gasteiger partial charge in [0, 0.05) is 12.1 Å². The van der Waals surface area contributed by atoms with Gasteiger partial charge in [-0.1, -0.05) is 29.8 Å². The Kier molecular flexibility index (Phi) is 4.81. The fourth-order valence-corrected chi connectivity index (χ4v) is 2.68. The molecule has 2 aromatic rings. The largest absolute Gasteiger partial charge is 0.372 e. The summed E-state index contributed by atoms with van der Waals surface area (Å²) >= 11 is 7.42. The normalized spacial score (nSPS) is 13.8. The van der Waals surface area contributed by atoms with Crippen LogP contribution < -0.4 is 5.32 Å². The molecule has 3 nitrogen and oxygen atoms in total. The van der Waals surface area contributed by atoms with Crippen molar-refractivity contribution in [3.8, 4) is 0 Å². The fourth-order valence-electron chi connectivity index (χ4n) is 1.85. The van der Waals surface area contributed by atoms with Gasteiger partial charge in [-0.05, 0) is 36.1 Å². The van der Waals surface area contributed by atoms with E-state index in [9.17, 15) is 4.79 Å². The summed E-state index contributed by atoms with van der Waals surface area (Å²) in [5.74, 6) is -0.0923. The van der Waals surface area contributed by atoms with Crippen LogP contribution in [0.5, 0.6) is 0 Å². The molecular formula is C15H16ClNO2S. The first-order chi connectivity index (χ1) is 9.55. The summed E-state index contributed by atoms with van der Waals surface area (Å²) in [5.41, 5.74) is 0.316. The van der Waals surface area contributed by atoms with Crippen LogP contribution in [0.1, 0.15) is 22.2 Å². The lowest BCUT2D eigenvalue weighted by Gasteiger charge is -2.29. The van der Waals surface area contributed by atoms with E-state index in [1.165, 1.54) is 11.3 Å². The highest BCUT2D eigenvalue weighted by Gasteiger charge is 2.27. The van der Waals surface area contributed by atoms with E-state index >= 15 is 0 Å². The lowest BCUT2D eigenvalue weighted by atomic mass is 9.95. The Labute approximate surface area is 127 Å². The summed E-state index contributed by atoms with van der Waals surface area (Å²) in [6.07, 6.45) is 0. The molecule has 1 N–H and O–H groups in total. The summed E-state index contributed by atoms with van der Waals surface area (Å²) < 4.78 is 5.58. The molecule has 0 aliphatic carbocycles. The van der Waals surface area contributed by atoms with Gasteiger partial charge in [0.05, 0.1) is 11.4 Å². The van der Waals surface area contributed by atoms with Crippen molar-refractivity contribution in [2.24, 2.45) is 0 Å². The van der Waals surface area contributed by atoms with Crippen molar-refractivity contribution < 1.29 is 9.53 Å². The lowest BCUT2D eigenvalue weighted by molar-refractivity contribution is 0.00319. The van der Waals surface area contributed by atoms with Crippen molar-refractivity contribution in [2.45, 2.75) is 12.5 Å². The summed E-state index contributed by atoms with van der Waals surface area (Å²) in [6.45, 7) is 2.30. The van der Waals surface area contributed by atoms with E-state index in [4.69, 9.17) is 16.3 Å². The van der Waals surface area contributed by atoms with Crippen molar-refractivity contribution in [1.29, 1.82) is 0 Å². The molecule has 0 aliphatic heterocycles. The smallest absolute Gasteiger partial charge is 0.261 e. The molecule has 2 rings (SSSR count). The molecule has 5 heteroatoms. The van der Waals surface area contributed by atoms with Gasteiger partial charge >= 0.3 is 0 Å². The maximum Gasteiger partial charge on any atom is 0.261 e. The number of ether oxygens (including phenoxy) is 1. The lowest BCUT2D eigenvalue weighted by Crippen LogP contribution is -2.39. The van der Waals surface area contributed by atoms with Gasteiger partial charge < -0.3 is 10.1 Å². The van der Waals surface area contributed by atoms with Crippen LogP contribution in [0, 0.1) is 0 Å². The number of hydrogen-bond donors (Lipinski definition) is 1. The molecular weight excluding hydrogens is 294 g/mol. The average molecular weight is 310 g/mol. The molecule has 0 unspecified atom stereocenters. The SMILES string of the molecule is CO[C@@](C)(CNC(=O)c1cccs1)c1cccc(Cl)c1. The van der Waals surface area contributed by atoms with Gasteiger partial charge in [0.25, 0.3) is 5.91 Å². The van der Waals surface area contributed by atoms with Crippen molar-refractivity contribution in [2.75, 3.05) is 13.7 Å². The second-order valence-electron chi connectivity index (χ2n) is 4.61. The van der Waals surface area contributed by atoms with Crippen molar-refractivity contribution in [3.63, 3.8) is 0 Å². The fraction of sp³-hybridized carbons (Fsp3) is 0.267. The number of halogens is 1. The van der Waals surface area contributed by atoms with Gasteiger partial charge in [-0.3, -0.25) is 4.79 Å². The summed E-state index contributed by atoms with van der Waals surface area (Å²) in [7, 11) is 1.62. The van der Waals surface area contributed by atoms with Crippen LogP contribution in [0.25, 0.3) is 0 Å². The Balaban J connectivity index is 2.10. The molecule has 106 valence electrons. The van der Waals surface area contributed by atoms with Gasteiger partial charge in [0.1, 0.15) is 5.60 Å². The zero-order valence-corrected chi connectivity index (χ0v) is 12.9. The summed E-state index contributed by atoms with van der Waals surface area (Å²) in [4.78, 5) is 12.7. The van der Waals surface area contributed by atoms with E-state index in [0.717, 1.165) is 5.56 Å². The minimum absolute atomic E-state index is 0.0923. The topological polar surface area (TPSA) is 38.3 Å². The molecule has 0 saturated heterocycles. The molecule has 0 aliphatic rings. The third-order valence-corrected chi connectivity index (χ3v) is 4.32. The predicted molar refractivity (Wildman–Crippen MR) is 82.5 cm³/mol. The monoisotopic (exact) mass is 309 g/mol. The minimum atomic E-state index is -0.613. The Hall–Kier alpha value is -1.36. The van der Waals surface area contributed by atoms with Gasteiger partial charge in [0.15, 0.2) is 0 Å². The van der Waals surface area contributed by atoms with E-state index in [0.29, 0.717) is 16.4 Å². The van der Waals surface area contributed by atoms with Gasteiger partial charge in [-0.25, -0.2) is 0 Å². The van der Waals surface area contributed by atoms with E-state index in [1.54, 1.807) is 13.2 Å². The first kappa shape index (κ1) is 15.0. The van der Waals surface area contributed by atoms with Gasteiger partial charge in [-0.2, -0.15) is 0 Å². The highest BCUT2D eigenvalue weighted by atomic mass is 35.5. The molecule has 0 spiro atoms. The van der Waals surface area contributed by atoms with Crippen LogP contribution in [-0.2, 0) is 10.3 Å². The highest BCUT2D eigenvalue weighted by Crippen LogP contribution is 2.26. The average Bonchev–Trinajstić information content (AvgIpc) is 2.98. The zero-order valence-electron chi connectivity index (χ0n) is 11.4. The Morgan fingerprint density at radius 2 is 2.20 bits per heavy atom. The molecule has 0 bridgehead atoms. The first-order valence-electron chi connectivity index (χ1n) is 6.18. The molecule has 1 aromatic carbocycles. The van der Waals surface area contributed by atoms with Crippen LogP contribution in [0.3, 0.4) is 0 Å². The Morgan fingerprint density at radius 3 is 2.80 bits per heavy atom. The molecule has 0 saturated carbocycles. The Bertz CT molecular complexity index is 585. The van der Waals surface area contributed by atoms with Crippen molar-refractivity contribution in [1.82, 2.24) is 5.32 Å². The molecule has 1 atom stereocenters. The third kappa shape index (κ3) is 3.39. The van der Waals surface area contributed by atoms with Crippen LogP contribution >= 0.6 is 22.9 Å². The maximum absolute atomic E-state index is 12.0. The van der Waals surface area contributed by atoms with E-state index in [1.807, 2.05) is 42.6 Å². The second-order valence-corrected chi connectivity index (χ2v) is 5.99. The van der Waals surface area contributed by atoms with Crippen LogP contribution in [0.4, 0.5) is 0 Å². The highest BCUT2D eigenvalue weighted by molar-refractivity contribution is 7.12. The zero-order chi connectivity index (χ0) is 14.6. The number of carbonyl (C=O) groups excluding carboxylic acids is 1. The maximum atomic E-state index is 12.0. The second kappa shape index (κ2) is 6.39. The van der Waals surface area contributed by atoms with Crippen LogP contribution in [0.15, 0.2) is 41.8 Å². The minimum Gasteiger partial charge on any atom is -0.372 e. The molecule has 1 aromatic heterocycles. The van der Waals surface area contributed by atoms with E-state index < -0.39 is 5.60 Å². The van der Waals surface area contributed by atoms with Gasteiger partial charge in [0.2, 0.25) is 0 Å². The number of amides is 1. The van der Waals surface area contributed by atoms with Gasteiger partial charge in [-0.15, -0.1) is 11.3 Å². The number of carbonyl (C=O) groups is 1. The van der Waals surface area contributed by atoms with E-state index in [-0.39, 0.29) is 5.91 Å². The van der Waals surface area contributed by atoms with Crippen LogP contribution in [0.2, 0.25) is 5.02 Å². The molecule has 1 amide bonds. The number of hydrogen-bond acceptors (Lipinski definition) is 3. The Morgan fingerprint density at radius 1 is 1.40 bits per heavy atom. The van der Waals surface area contributed by atoms with Crippen molar-refractivity contribution >= 4 is 28.8 Å². The standard InChI is InChI=1S/C15H16ClNO2S/c1-15(19-2,11-5-3-6-12(16)9-11)10-17-14(18)13-7-4-8-20-13/h3-9H,10H2,1-2H3,(H,17,18)/t15-/m0/s1. The predicted octanol–water partition coefficient (Wildman–Crippen LogP) is 3.69. The molecule has 1 heterocycles. The van der Waals surface area contributed by atoms with Crippen LogP contribution in [-0.4, -0.2) is 19.6 Å². The molecule has 20 heavy (non-hydrogen) atoms. The van der Waals surface area contributed by atoms with Crippen molar-refractivity contribution in [3.05, 3.63) is 57.2 Å². The molecule has 0 fully saturated rings. The first-order valence-corrected chi connectivity index (χ1v) is 7.44. The summed E-state index contributed by atoms with van der Waals surface area (Å²) in [6, 6.07) is 11.1.